The summed E-state index contributed by atoms with van der Waals surface area (Å²) in [6.45, 7) is 0. The van der Waals surface area contributed by atoms with Crippen molar-refractivity contribution in [1.29, 1.82) is 10.9 Å². The molecule has 0 atom stereocenters. The average molecular weight is 335 g/mol. The Morgan fingerprint density at radius 2 is 1.31 bits per heavy atom. The molecule has 4 aromatic rings. The number of benzene rings is 4. The summed E-state index contributed by atoms with van der Waals surface area (Å²) in [5.41, 5.74) is 12.3. The molecule has 3 nitrogen and oxygen atoms in total. The molecule has 0 spiro atoms. The summed E-state index contributed by atoms with van der Waals surface area (Å²) in [5, 5.41) is 14.3. The minimum atomic E-state index is 0.376. The molecule has 0 bridgehead atoms. The topological polar surface area (TPSA) is 60.1 Å². The third-order valence-electron chi connectivity index (χ3n) is 4.56. The molecule has 4 rings (SSSR count). The molecular weight excluding hydrogens is 318 g/mol. The first-order valence-electron chi connectivity index (χ1n) is 8.42. The molecular formula is C23H17N3. The predicted octanol–water partition coefficient (Wildman–Crippen LogP) is 6.59. The lowest BCUT2D eigenvalue weighted by Gasteiger charge is -2.11. The second-order valence-electron chi connectivity index (χ2n) is 6.11. The number of rotatable bonds is 4. The van der Waals surface area contributed by atoms with Gasteiger partial charge in [-0.15, -0.1) is 0 Å². The van der Waals surface area contributed by atoms with Gasteiger partial charge in [-0.05, 0) is 22.6 Å². The van der Waals surface area contributed by atoms with Crippen LogP contribution in [-0.4, -0.2) is 5.71 Å². The van der Waals surface area contributed by atoms with Crippen molar-refractivity contribution in [2.45, 2.75) is 0 Å². The Balaban J connectivity index is 1.74. The zero-order valence-electron chi connectivity index (χ0n) is 14.1. The molecule has 0 aromatic heterocycles. The van der Waals surface area contributed by atoms with E-state index in [0.29, 0.717) is 17.0 Å². The fourth-order valence-electron chi connectivity index (χ4n) is 3.19. The number of fused-ring (bicyclic) bond motifs is 1. The standard InChI is InChI=1S/C23H17N3/c24-22(19-12-10-17(11-13-19)16-6-2-1-3-7-16)21-15-14-18-8-4-5-9-20(18)23(21)26-25/h1-15,24-25H. The van der Waals surface area contributed by atoms with Gasteiger partial charge in [0.2, 0.25) is 0 Å². The second kappa shape index (κ2) is 6.73. The highest BCUT2D eigenvalue weighted by Gasteiger charge is 2.13. The van der Waals surface area contributed by atoms with Crippen LogP contribution in [0.5, 0.6) is 0 Å². The van der Waals surface area contributed by atoms with Crippen molar-refractivity contribution in [1.82, 2.24) is 0 Å². The fourth-order valence-corrected chi connectivity index (χ4v) is 3.19. The van der Waals surface area contributed by atoms with E-state index < -0.39 is 0 Å². The van der Waals surface area contributed by atoms with Gasteiger partial charge in [0, 0.05) is 16.5 Å². The van der Waals surface area contributed by atoms with Gasteiger partial charge in [0.1, 0.15) is 5.69 Å². The Morgan fingerprint density at radius 3 is 2.04 bits per heavy atom. The predicted molar refractivity (Wildman–Crippen MR) is 107 cm³/mol. The van der Waals surface area contributed by atoms with Gasteiger partial charge in [-0.2, -0.15) is 5.11 Å². The molecule has 0 radical (unpaired) electrons. The van der Waals surface area contributed by atoms with E-state index in [9.17, 15) is 0 Å². The first-order chi connectivity index (χ1) is 12.8. The molecule has 0 unspecified atom stereocenters. The van der Waals surface area contributed by atoms with E-state index in [1.807, 2.05) is 78.9 Å². The van der Waals surface area contributed by atoms with E-state index in [1.54, 1.807) is 0 Å². The third kappa shape index (κ3) is 2.80. The summed E-state index contributed by atoms with van der Waals surface area (Å²) in [4.78, 5) is 0. The number of nitrogens with zero attached hydrogens (tertiary/aromatic N) is 1. The van der Waals surface area contributed by atoms with Crippen LogP contribution in [0.2, 0.25) is 0 Å². The van der Waals surface area contributed by atoms with Crippen LogP contribution in [-0.2, 0) is 0 Å². The molecule has 0 fully saturated rings. The van der Waals surface area contributed by atoms with Crippen molar-refractivity contribution >= 4 is 22.2 Å². The Labute approximate surface area is 152 Å². The normalized spacial score (nSPS) is 10.6. The van der Waals surface area contributed by atoms with Crippen molar-refractivity contribution in [3.05, 3.63) is 102 Å². The zero-order chi connectivity index (χ0) is 17.9. The first kappa shape index (κ1) is 15.9. The van der Waals surface area contributed by atoms with Crippen molar-refractivity contribution < 1.29 is 0 Å². The highest BCUT2D eigenvalue weighted by atomic mass is 15.0. The highest BCUT2D eigenvalue weighted by Crippen LogP contribution is 2.32. The van der Waals surface area contributed by atoms with Gasteiger partial charge in [-0.3, -0.25) is 5.41 Å². The van der Waals surface area contributed by atoms with E-state index in [2.05, 4.69) is 17.2 Å². The maximum Gasteiger partial charge on any atom is 0.102 e. The summed E-state index contributed by atoms with van der Waals surface area (Å²) in [5.74, 6) is 0. The summed E-state index contributed by atoms with van der Waals surface area (Å²) in [6, 6.07) is 29.8. The minimum Gasteiger partial charge on any atom is -0.300 e. The molecule has 0 aliphatic heterocycles. The zero-order valence-corrected chi connectivity index (χ0v) is 14.1. The van der Waals surface area contributed by atoms with Crippen molar-refractivity contribution in [2.75, 3.05) is 0 Å². The largest absolute Gasteiger partial charge is 0.300 e. The summed E-state index contributed by atoms with van der Waals surface area (Å²) < 4.78 is 0. The lowest BCUT2D eigenvalue weighted by Crippen LogP contribution is -2.02. The van der Waals surface area contributed by atoms with Gasteiger partial charge in [-0.1, -0.05) is 84.9 Å². The van der Waals surface area contributed by atoms with E-state index in [4.69, 9.17) is 10.9 Å². The SMILES string of the molecule is N=Nc1c(C(=N)c2ccc(-c3ccccc3)cc2)ccc2ccccc12. The Bertz CT molecular complexity index is 1100. The monoisotopic (exact) mass is 335 g/mol. The molecule has 0 aliphatic carbocycles. The Morgan fingerprint density at radius 1 is 0.654 bits per heavy atom. The van der Waals surface area contributed by atoms with E-state index in [1.165, 1.54) is 0 Å². The van der Waals surface area contributed by atoms with Gasteiger partial charge in [0.15, 0.2) is 0 Å². The maximum atomic E-state index is 8.62. The van der Waals surface area contributed by atoms with Crippen LogP contribution < -0.4 is 0 Å². The van der Waals surface area contributed by atoms with Crippen LogP contribution in [0.3, 0.4) is 0 Å². The fraction of sp³-hybridized carbons (Fsp3) is 0. The van der Waals surface area contributed by atoms with Crippen LogP contribution >= 0.6 is 0 Å². The molecule has 0 heterocycles. The molecule has 4 aromatic carbocycles. The van der Waals surface area contributed by atoms with Gasteiger partial charge in [-0.25, -0.2) is 5.53 Å². The van der Waals surface area contributed by atoms with Gasteiger partial charge in [0.25, 0.3) is 0 Å². The second-order valence-corrected chi connectivity index (χ2v) is 6.11. The van der Waals surface area contributed by atoms with Crippen molar-refractivity contribution in [3.63, 3.8) is 0 Å². The van der Waals surface area contributed by atoms with Crippen LogP contribution in [0.25, 0.3) is 21.9 Å². The molecule has 0 saturated heterocycles. The van der Waals surface area contributed by atoms with E-state index in [-0.39, 0.29) is 0 Å². The quantitative estimate of drug-likeness (QED) is 0.312. The van der Waals surface area contributed by atoms with E-state index >= 15 is 0 Å². The number of hydrogen-bond acceptors (Lipinski definition) is 3. The van der Waals surface area contributed by atoms with Gasteiger partial charge < -0.3 is 0 Å². The Hall–Kier alpha value is -3.59. The summed E-state index contributed by atoms with van der Waals surface area (Å²) in [6.07, 6.45) is 0. The Kier molecular flexibility index (Phi) is 4.12. The lowest BCUT2D eigenvalue weighted by atomic mass is 9.95. The van der Waals surface area contributed by atoms with Crippen molar-refractivity contribution in [3.8, 4) is 11.1 Å². The molecule has 2 N–H and O–H groups in total. The molecule has 26 heavy (non-hydrogen) atoms. The van der Waals surface area contributed by atoms with Gasteiger partial charge >= 0.3 is 0 Å². The molecule has 124 valence electrons. The smallest absolute Gasteiger partial charge is 0.102 e. The summed E-state index contributed by atoms with van der Waals surface area (Å²) in [7, 11) is 0. The maximum absolute atomic E-state index is 8.62. The lowest BCUT2D eigenvalue weighted by molar-refractivity contribution is 1.15. The highest BCUT2D eigenvalue weighted by molar-refractivity contribution is 6.17. The molecule has 0 aliphatic rings. The third-order valence-corrected chi connectivity index (χ3v) is 4.56. The molecule has 0 amide bonds. The number of hydrogen-bond donors (Lipinski definition) is 2. The summed E-state index contributed by atoms with van der Waals surface area (Å²) >= 11 is 0. The van der Waals surface area contributed by atoms with E-state index in [0.717, 1.165) is 27.5 Å². The molecule has 0 saturated carbocycles. The van der Waals surface area contributed by atoms with Crippen LogP contribution in [0.1, 0.15) is 11.1 Å². The van der Waals surface area contributed by atoms with Crippen molar-refractivity contribution in [2.24, 2.45) is 5.11 Å². The van der Waals surface area contributed by atoms with Crippen LogP contribution in [0.15, 0.2) is 96.1 Å². The van der Waals surface area contributed by atoms with Crippen LogP contribution in [0, 0.1) is 10.9 Å². The first-order valence-corrected chi connectivity index (χ1v) is 8.42. The average Bonchev–Trinajstić information content (AvgIpc) is 2.73. The molecule has 3 heteroatoms. The minimum absolute atomic E-state index is 0.376. The van der Waals surface area contributed by atoms with Gasteiger partial charge in [0.05, 0.1) is 5.71 Å². The van der Waals surface area contributed by atoms with Crippen LogP contribution in [0.4, 0.5) is 5.69 Å². The number of nitrogens with one attached hydrogen (secondary N) is 2.